The lowest BCUT2D eigenvalue weighted by molar-refractivity contribution is 0.965. The molecule has 1 aliphatic rings. The molecule has 2 N–H and O–H groups in total. The van der Waals surface area contributed by atoms with Crippen molar-refractivity contribution >= 4 is 28.9 Å². The van der Waals surface area contributed by atoms with Gasteiger partial charge >= 0.3 is 0 Å². The van der Waals surface area contributed by atoms with Gasteiger partial charge in [0.1, 0.15) is 0 Å². The van der Waals surface area contributed by atoms with E-state index in [1.165, 1.54) is 27.8 Å². The first-order valence-corrected chi connectivity index (χ1v) is 8.53. The third kappa shape index (κ3) is 2.83. The van der Waals surface area contributed by atoms with Crippen LogP contribution in [0.1, 0.15) is 27.8 Å². The molecule has 0 fully saturated rings. The van der Waals surface area contributed by atoms with Crippen molar-refractivity contribution in [1.29, 1.82) is 0 Å². The van der Waals surface area contributed by atoms with E-state index < -0.39 is 0 Å². The second-order valence-electron chi connectivity index (χ2n) is 6.18. The standard InChI is InChI=1S/C22H18ClN/c23-18-9-12-21-17(14-18)8-7-16-3-1-2-4-20(16)22(21)13-15-5-10-19(24)11-6-15/h1-6,9-14H,7-8,24H2/b22-13-. The lowest BCUT2D eigenvalue weighted by Gasteiger charge is -2.12. The molecule has 1 aliphatic carbocycles. The summed E-state index contributed by atoms with van der Waals surface area (Å²) in [5, 5.41) is 0.798. The highest BCUT2D eigenvalue weighted by Gasteiger charge is 2.18. The fraction of sp³-hybridized carbons (Fsp3) is 0.0909. The van der Waals surface area contributed by atoms with Crippen molar-refractivity contribution in [2.24, 2.45) is 0 Å². The predicted molar refractivity (Wildman–Crippen MR) is 103 cm³/mol. The third-order valence-electron chi connectivity index (χ3n) is 4.58. The van der Waals surface area contributed by atoms with Crippen LogP contribution in [-0.2, 0) is 12.8 Å². The Balaban J connectivity index is 1.95. The minimum atomic E-state index is 0.783. The minimum Gasteiger partial charge on any atom is -0.399 e. The first kappa shape index (κ1) is 15.0. The zero-order chi connectivity index (χ0) is 16.5. The van der Waals surface area contributed by atoms with Crippen molar-refractivity contribution in [3.05, 3.63) is 99.6 Å². The quantitative estimate of drug-likeness (QED) is 0.576. The van der Waals surface area contributed by atoms with Crippen molar-refractivity contribution in [2.75, 3.05) is 5.73 Å². The molecule has 0 unspecified atom stereocenters. The summed E-state index contributed by atoms with van der Waals surface area (Å²) in [6.45, 7) is 0. The van der Waals surface area contributed by atoms with Gasteiger partial charge in [0.25, 0.3) is 0 Å². The lowest BCUT2D eigenvalue weighted by atomic mass is 9.92. The van der Waals surface area contributed by atoms with Gasteiger partial charge in [-0.1, -0.05) is 54.1 Å². The van der Waals surface area contributed by atoms with Crippen LogP contribution >= 0.6 is 11.6 Å². The lowest BCUT2D eigenvalue weighted by Crippen LogP contribution is -1.92. The number of benzene rings is 3. The minimum absolute atomic E-state index is 0.783. The maximum Gasteiger partial charge on any atom is 0.0409 e. The van der Waals surface area contributed by atoms with E-state index in [2.05, 4.69) is 54.6 Å². The van der Waals surface area contributed by atoms with Crippen LogP contribution in [0, 0.1) is 0 Å². The summed E-state index contributed by atoms with van der Waals surface area (Å²) in [5.74, 6) is 0. The number of nitrogen functional groups attached to an aromatic ring is 1. The molecule has 1 nitrogen and oxygen atoms in total. The van der Waals surface area contributed by atoms with E-state index in [1.807, 2.05) is 18.2 Å². The van der Waals surface area contributed by atoms with Crippen molar-refractivity contribution in [2.45, 2.75) is 12.8 Å². The summed E-state index contributed by atoms with van der Waals surface area (Å²) < 4.78 is 0. The molecule has 2 heteroatoms. The van der Waals surface area contributed by atoms with Crippen molar-refractivity contribution in [3.63, 3.8) is 0 Å². The molecular weight excluding hydrogens is 314 g/mol. The molecule has 0 radical (unpaired) electrons. The van der Waals surface area contributed by atoms with Gasteiger partial charge < -0.3 is 5.73 Å². The van der Waals surface area contributed by atoms with Crippen LogP contribution in [0.2, 0.25) is 5.02 Å². The molecule has 24 heavy (non-hydrogen) atoms. The van der Waals surface area contributed by atoms with E-state index >= 15 is 0 Å². The van der Waals surface area contributed by atoms with E-state index in [9.17, 15) is 0 Å². The zero-order valence-electron chi connectivity index (χ0n) is 13.3. The molecule has 0 aromatic heterocycles. The first-order chi connectivity index (χ1) is 11.7. The molecule has 3 aromatic rings. The Morgan fingerprint density at radius 3 is 2.33 bits per heavy atom. The van der Waals surface area contributed by atoms with Crippen LogP contribution in [0.5, 0.6) is 0 Å². The van der Waals surface area contributed by atoms with Crippen LogP contribution in [0.25, 0.3) is 11.6 Å². The van der Waals surface area contributed by atoms with Gasteiger partial charge in [-0.3, -0.25) is 0 Å². The van der Waals surface area contributed by atoms with Crippen LogP contribution < -0.4 is 5.73 Å². The fourth-order valence-electron chi connectivity index (χ4n) is 3.36. The number of hydrogen-bond acceptors (Lipinski definition) is 1. The average molecular weight is 332 g/mol. The molecule has 0 saturated carbocycles. The molecule has 0 bridgehead atoms. The average Bonchev–Trinajstić information content (AvgIpc) is 2.74. The Kier molecular flexibility index (Phi) is 3.87. The number of hydrogen-bond donors (Lipinski definition) is 1. The second-order valence-corrected chi connectivity index (χ2v) is 6.62. The fourth-order valence-corrected chi connectivity index (χ4v) is 3.56. The summed E-state index contributed by atoms with van der Waals surface area (Å²) in [6.07, 6.45) is 4.28. The molecule has 0 heterocycles. The molecule has 118 valence electrons. The highest BCUT2D eigenvalue weighted by molar-refractivity contribution is 6.30. The SMILES string of the molecule is Nc1ccc(/C=C2/c3ccccc3CCc3cc(Cl)ccc32)cc1. The smallest absolute Gasteiger partial charge is 0.0409 e. The highest BCUT2D eigenvalue weighted by Crippen LogP contribution is 2.36. The van der Waals surface area contributed by atoms with Gasteiger partial charge in [0.05, 0.1) is 0 Å². The molecule has 0 atom stereocenters. The summed E-state index contributed by atoms with van der Waals surface area (Å²) in [4.78, 5) is 0. The summed E-state index contributed by atoms with van der Waals surface area (Å²) >= 11 is 6.23. The number of nitrogens with two attached hydrogens (primary N) is 1. The Morgan fingerprint density at radius 1 is 0.792 bits per heavy atom. The topological polar surface area (TPSA) is 26.0 Å². The number of fused-ring (bicyclic) bond motifs is 2. The van der Waals surface area contributed by atoms with Crippen LogP contribution in [0.4, 0.5) is 5.69 Å². The Morgan fingerprint density at radius 2 is 1.50 bits per heavy atom. The number of halogens is 1. The summed E-state index contributed by atoms with van der Waals surface area (Å²) in [6, 6.07) is 22.9. The Bertz CT molecular complexity index is 923. The van der Waals surface area contributed by atoms with E-state index in [0.29, 0.717) is 0 Å². The monoisotopic (exact) mass is 331 g/mol. The normalized spacial score (nSPS) is 14.8. The van der Waals surface area contributed by atoms with Gasteiger partial charge in [0.15, 0.2) is 0 Å². The van der Waals surface area contributed by atoms with E-state index in [-0.39, 0.29) is 0 Å². The van der Waals surface area contributed by atoms with Gasteiger partial charge in [-0.05, 0) is 76.6 Å². The molecule has 0 spiro atoms. The van der Waals surface area contributed by atoms with Gasteiger partial charge in [-0.15, -0.1) is 0 Å². The summed E-state index contributed by atoms with van der Waals surface area (Å²) in [7, 11) is 0. The van der Waals surface area contributed by atoms with E-state index in [0.717, 1.165) is 29.1 Å². The van der Waals surface area contributed by atoms with Gasteiger partial charge in [-0.2, -0.15) is 0 Å². The van der Waals surface area contributed by atoms with Crippen molar-refractivity contribution in [1.82, 2.24) is 0 Å². The number of aryl methyl sites for hydroxylation is 2. The first-order valence-electron chi connectivity index (χ1n) is 8.15. The Hall–Kier alpha value is -2.51. The third-order valence-corrected chi connectivity index (χ3v) is 4.81. The van der Waals surface area contributed by atoms with E-state index in [1.54, 1.807) is 0 Å². The molecule has 0 saturated heterocycles. The molecule has 3 aromatic carbocycles. The van der Waals surface area contributed by atoms with Crippen LogP contribution in [0.15, 0.2) is 66.7 Å². The largest absolute Gasteiger partial charge is 0.399 e. The number of anilines is 1. The Labute approximate surface area is 147 Å². The molecular formula is C22H18ClN. The van der Waals surface area contributed by atoms with Gasteiger partial charge in [-0.25, -0.2) is 0 Å². The van der Waals surface area contributed by atoms with Crippen LogP contribution in [0.3, 0.4) is 0 Å². The maximum atomic E-state index is 6.23. The van der Waals surface area contributed by atoms with Gasteiger partial charge in [0, 0.05) is 10.7 Å². The maximum absolute atomic E-state index is 6.23. The van der Waals surface area contributed by atoms with Crippen LogP contribution in [-0.4, -0.2) is 0 Å². The zero-order valence-corrected chi connectivity index (χ0v) is 14.1. The molecule has 0 aliphatic heterocycles. The number of rotatable bonds is 1. The van der Waals surface area contributed by atoms with E-state index in [4.69, 9.17) is 17.3 Å². The van der Waals surface area contributed by atoms with Crippen molar-refractivity contribution in [3.8, 4) is 0 Å². The molecule has 4 rings (SSSR count). The highest BCUT2D eigenvalue weighted by atomic mass is 35.5. The summed E-state index contributed by atoms with van der Waals surface area (Å²) in [5.41, 5.74) is 14.3. The van der Waals surface area contributed by atoms with Gasteiger partial charge in [0.2, 0.25) is 0 Å². The predicted octanol–water partition coefficient (Wildman–Crippen LogP) is 5.61. The second kappa shape index (κ2) is 6.18. The van der Waals surface area contributed by atoms with Crippen molar-refractivity contribution < 1.29 is 0 Å². The molecule has 0 amide bonds.